The largest absolute Gasteiger partial charge is 0.360 e. The first-order valence-corrected chi connectivity index (χ1v) is 12.9. The molecule has 1 N–H and O–H groups in total. The van der Waals surface area contributed by atoms with Crippen LogP contribution in [0.4, 0.5) is 0 Å². The number of hydrogen-bond acceptors (Lipinski definition) is 4. The number of hydrogen-bond donors (Lipinski definition) is 1. The summed E-state index contributed by atoms with van der Waals surface area (Å²) in [5.74, 6) is -0.332. The van der Waals surface area contributed by atoms with Crippen LogP contribution in [0.25, 0.3) is 0 Å². The Morgan fingerprint density at radius 3 is 2.11 bits per heavy atom. The highest BCUT2D eigenvalue weighted by molar-refractivity contribution is 7.90. The first kappa shape index (κ1) is 24.9. The summed E-state index contributed by atoms with van der Waals surface area (Å²) < 4.78 is 30.3. The lowest BCUT2D eigenvalue weighted by Gasteiger charge is -2.22. The lowest BCUT2D eigenvalue weighted by Crippen LogP contribution is -2.40. The number of halogens is 2. The van der Waals surface area contributed by atoms with Gasteiger partial charge >= 0.3 is 0 Å². The molecule has 7 nitrogen and oxygen atoms in total. The second-order valence-corrected chi connectivity index (χ2v) is 10.6. The molecule has 10 heteroatoms. The van der Waals surface area contributed by atoms with E-state index in [2.05, 4.69) is 4.40 Å². The number of hydrazone groups is 1. The Hall–Kier alpha value is -3.20. The lowest BCUT2D eigenvalue weighted by molar-refractivity contribution is 0.473. The van der Waals surface area contributed by atoms with E-state index in [9.17, 15) is 8.42 Å². The molecule has 4 rings (SSSR count). The van der Waals surface area contributed by atoms with E-state index < -0.39 is 10.0 Å². The first-order chi connectivity index (χ1) is 16.7. The Morgan fingerprint density at radius 2 is 1.54 bits per heavy atom. The van der Waals surface area contributed by atoms with Crippen LogP contribution in [0, 0.1) is 5.41 Å². The minimum Gasteiger partial charge on any atom is -0.360 e. The molecule has 3 aromatic rings. The molecule has 1 aliphatic rings. The molecule has 0 aliphatic carbocycles. The smallest absolute Gasteiger partial charge is 0.284 e. The van der Waals surface area contributed by atoms with Crippen molar-refractivity contribution < 1.29 is 8.42 Å². The van der Waals surface area contributed by atoms with Gasteiger partial charge in [-0.1, -0.05) is 65.7 Å². The van der Waals surface area contributed by atoms with Gasteiger partial charge in [0.15, 0.2) is 5.84 Å². The van der Waals surface area contributed by atoms with Crippen LogP contribution in [0.2, 0.25) is 10.0 Å². The van der Waals surface area contributed by atoms with E-state index >= 15 is 0 Å². The highest BCUT2D eigenvalue weighted by atomic mass is 35.5. The van der Waals surface area contributed by atoms with Crippen LogP contribution < -0.4 is 0 Å². The number of nitrogens with one attached hydrogen (secondary N) is 1. The molecule has 0 aromatic heterocycles. The summed E-state index contributed by atoms with van der Waals surface area (Å²) in [5, 5.41) is 15.9. The molecule has 3 aromatic carbocycles. The molecule has 0 radical (unpaired) electrons. The van der Waals surface area contributed by atoms with E-state index in [1.54, 1.807) is 26.2 Å². The fourth-order valence-electron chi connectivity index (χ4n) is 3.65. The van der Waals surface area contributed by atoms with Gasteiger partial charge in [0.1, 0.15) is 0 Å². The maximum Gasteiger partial charge on any atom is 0.284 e. The SMILES string of the molecule is CN(C)C(=N)C(=NS(=O)(=O)c1ccc(Cl)cc1)N1CC(c2ccccc2)C(c2ccc(Cl)cc2)=N1. The zero-order valence-electron chi connectivity index (χ0n) is 19.1. The van der Waals surface area contributed by atoms with Crippen molar-refractivity contribution >= 4 is 50.6 Å². The second-order valence-electron chi connectivity index (χ2n) is 8.12. The van der Waals surface area contributed by atoms with Gasteiger partial charge in [0.25, 0.3) is 10.0 Å². The normalized spacial score (nSPS) is 16.2. The van der Waals surface area contributed by atoms with Crippen molar-refractivity contribution in [2.45, 2.75) is 10.8 Å². The highest BCUT2D eigenvalue weighted by Crippen LogP contribution is 2.30. The molecule has 0 saturated carbocycles. The Labute approximate surface area is 214 Å². The molecule has 0 fully saturated rings. The summed E-state index contributed by atoms with van der Waals surface area (Å²) in [7, 11) is -0.820. The molecule has 1 atom stereocenters. The summed E-state index contributed by atoms with van der Waals surface area (Å²) >= 11 is 12.0. The van der Waals surface area contributed by atoms with Crippen molar-refractivity contribution in [1.82, 2.24) is 9.91 Å². The molecule has 0 saturated heterocycles. The zero-order valence-corrected chi connectivity index (χ0v) is 21.4. The van der Waals surface area contributed by atoms with E-state index in [-0.39, 0.29) is 22.5 Å². The number of likely N-dealkylation sites (N-methyl/N-ethyl adjacent to an activating group) is 1. The molecule has 1 aliphatic heterocycles. The second kappa shape index (κ2) is 10.2. The van der Waals surface area contributed by atoms with Gasteiger partial charge in [-0.2, -0.15) is 13.5 Å². The molecular formula is C25H23Cl2N5O2S. The van der Waals surface area contributed by atoms with Crippen molar-refractivity contribution in [2.24, 2.45) is 9.50 Å². The molecule has 0 bridgehead atoms. The van der Waals surface area contributed by atoms with Gasteiger partial charge in [0, 0.05) is 30.1 Å². The van der Waals surface area contributed by atoms with Crippen LogP contribution >= 0.6 is 23.2 Å². The van der Waals surface area contributed by atoms with Gasteiger partial charge in [-0.15, -0.1) is 4.40 Å². The fraction of sp³-hybridized carbons (Fsp3) is 0.160. The topological polar surface area (TPSA) is 89.2 Å². The monoisotopic (exact) mass is 527 g/mol. The predicted molar refractivity (Wildman–Crippen MR) is 141 cm³/mol. The number of nitrogens with zero attached hydrogens (tertiary/aromatic N) is 4. The molecular weight excluding hydrogens is 505 g/mol. The summed E-state index contributed by atoms with van der Waals surface area (Å²) in [6.07, 6.45) is 0. The third kappa shape index (κ3) is 5.56. The number of amidine groups is 2. The third-order valence-electron chi connectivity index (χ3n) is 5.48. The zero-order chi connectivity index (χ0) is 25.2. The Kier molecular flexibility index (Phi) is 7.25. The van der Waals surface area contributed by atoms with Gasteiger partial charge in [0.05, 0.1) is 17.2 Å². The lowest BCUT2D eigenvalue weighted by atomic mass is 9.91. The van der Waals surface area contributed by atoms with Crippen LogP contribution in [-0.4, -0.2) is 56.3 Å². The average Bonchev–Trinajstić information content (AvgIpc) is 3.28. The van der Waals surface area contributed by atoms with E-state index in [0.717, 1.165) is 16.8 Å². The summed E-state index contributed by atoms with van der Waals surface area (Å²) in [6, 6.07) is 22.9. The molecule has 0 spiro atoms. The summed E-state index contributed by atoms with van der Waals surface area (Å²) in [4.78, 5) is 1.47. The third-order valence-corrected chi connectivity index (χ3v) is 7.26. The Balaban J connectivity index is 1.82. The number of benzene rings is 3. The van der Waals surface area contributed by atoms with Crippen molar-refractivity contribution in [3.63, 3.8) is 0 Å². The van der Waals surface area contributed by atoms with Crippen molar-refractivity contribution in [3.8, 4) is 0 Å². The van der Waals surface area contributed by atoms with Gasteiger partial charge in [-0.05, 0) is 47.5 Å². The Morgan fingerprint density at radius 1 is 0.971 bits per heavy atom. The molecule has 180 valence electrons. The number of sulfonamides is 1. The van der Waals surface area contributed by atoms with E-state index in [4.69, 9.17) is 33.7 Å². The van der Waals surface area contributed by atoms with Crippen molar-refractivity contribution in [2.75, 3.05) is 20.6 Å². The number of rotatable bonds is 4. The average molecular weight is 528 g/mol. The standard InChI is InChI=1S/C25H23Cl2N5O2S/c1-31(2)24(28)25(30-35(33,34)21-14-12-20(27)13-15-21)32-16-22(17-6-4-3-5-7-17)23(29-32)18-8-10-19(26)11-9-18/h3-15,22,28H,16H2,1-2H3. The highest BCUT2D eigenvalue weighted by Gasteiger charge is 2.34. The quantitative estimate of drug-likeness (QED) is 0.376. The fourth-order valence-corrected chi connectivity index (χ4v) is 4.89. The van der Waals surface area contributed by atoms with Crippen molar-refractivity contribution in [3.05, 3.63) is 100 Å². The summed E-state index contributed by atoms with van der Waals surface area (Å²) in [6.45, 7) is 0.313. The van der Waals surface area contributed by atoms with Crippen LogP contribution in [0.15, 0.2) is 93.3 Å². The van der Waals surface area contributed by atoms with Gasteiger partial charge < -0.3 is 4.90 Å². The van der Waals surface area contributed by atoms with Crippen LogP contribution in [-0.2, 0) is 10.0 Å². The minimum atomic E-state index is -4.13. The minimum absolute atomic E-state index is 0.0216. The summed E-state index contributed by atoms with van der Waals surface area (Å²) in [5.41, 5.74) is 2.60. The van der Waals surface area contributed by atoms with E-state index in [1.807, 2.05) is 42.5 Å². The molecule has 0 amide bonds. The Bertz CT molecular complexity index is 1390. The van der Waals surface area contributed by atoms with Gasteiger partial charge in [0.2, 0.25) is 5.84 Å². The van der Waals surface area contributed by atoms with Crippen LogP contribution in [0.3, 0.4) is 0 Å². The van der Waals surface area contributed by atoms with Gasteiger partial charge in [-0.25, -0.2) is 5.01 Å². The first-order valence-electron chi connectivity index (χ1n) is 10.7. The van der Waals surface area contributed by atoms with Gasteiger partial charge in [-0.3, -0.25) is 5.41 Å². The van der Waals surface area contributed by atoms with E-state index in [1.165, 1.54) is 34.2 Å². The predicted octanol–water partition coefficient (Wildman–Crippen LogP) is 5.12. The maximum atomic E-state index is 13.1. The van der Waals surface area contributed by atoms with Crippen LogP contribution in [0.5, 0.6) is 0 Å². The molecule has 35 heavy (non-hydrogen) atoms. The van der Waals surface area contributed by atoms with Crippen LogP contribution in [0.1, 0.15) is 17.0 Å². The van der Waals surface area contributed by atoms with Crippen molar-refractivity contribution in [1.29, 1.82) is 5.41 Å². The molecule has 1 unspecified atom stereocenters. The maximum absolute atomic E-state index is 13.1. The van der Waals surface area contributed by atoms with E-state index in [0.29, 0.717) is 16.6 Å². The molecule has 1 heterocycles.